The third-order valence-electron chi connectivity index (χ3n) is 3.20. The predicted octanol–water partition coefficient (Wildman–Crippen LogP) is 1.95. The molecular formula is C13H17NO3S2. The molecule has 1 aromatic carbocycles. The largest absolute Gasteiger partial charge is 0.310 e. The van der Waals surface area contributed by atoms with Gasteiger partial charge in [0.25, 0.3) is 0 Å². The highest BCUT2D eigenvalue weighted by atomic mass is 32.2. The van der Waals surface area contributed by atoms with Crippen LogP contribution in [0, 0.1) is 0 Å². The van der Waals surface area contributed by atoms with Gasteiger partial charge in [-0.3, -0.25) is 4.79 Å². The van der Waals surface area contributed by atoms with E-state index in [2.05, 4.69) is 0 Å². The molecule has 0 spiro atoms. The first-order valence-corrected chi connectivity index (χ1v) is 9.07. The monoisotopic (exact) mass is 299 g/mol. The normalized spacial score (nSPS) is 17.5. The Morgan fingerprint density at radius 1 is 1.37 bits per heavy atom. The number of fused-ring (bicyclic) bond motifs is 1. The predicted molar refractivity (Wildman–Crippen MR) is 78.4 cm³/mol. The lowest BCUT2D eigenvalue weighted by Crippen LogP contribution is -2.41. The zero-order valence-electron chi connectivity index (χ0n) is 11.0. The smallest absolute Gasteiger partial charge is 0.245 e. The fourth-order valence-corrected chi connectivity index (χ4v) is 3.45. The molecule has 0 aromatic heterocycles. The summed E-state index contributed by atoms with van der Waals surface area (Å²) < 4.78 is 23.1. The van der Waals surface area contributed by atoms with Gasteiger partial charge in [0.1, 0.15) is 5.25 Å². The van der Waals surface area contributed by atoms with Crippen molar-refractivity contribution in [1.82, 2.24) is 0 Å². The Morgan fingerprint density at radius 3 is 2.74 bits per heavy atom. The molecule has 1 aromatic rings. The highest BCUT2D eigenvalue weighted by molar-refractivity contribution is 7.99. The van der Waals surface area contributed by atoms with Gasteiger partial charge in [-0.15, -0.1) is 11.8 Å². The summed E-state index contributed by atoms with van der Waals surface area (Å²) in [5, 5.41) is -0.997. The summed E-state index contributed by atoms with van der Waals surface area (Å²) >= 11 is 1.71. The average Bonchev–Trinajstić information content (AvgIpc) is 2.58. The molecule has 1 atom stereocenters. The van der Waals surface area contributed by atoms with Crippen LogP contribution in [-0.4, -0.2) is 38.1 Å². The van der Waals surface area contributed by atoms with Crippen molar-refractivity contribution in [3.63, 3.8) is 0 Å². The van der Waals surface area contributed by atoms with Crippen LogP contribution in [0.4, 0.5) is 5.69 Å². The summed E-state index contributed by atoms with van der Waals surface area (Å²) in [6, 6.07) is 7.65. The summed E-state index contributed by atoms with van der Waals surface area (Å²) in [6.07, 6.45) is 1.97. The highest BCUT2D eigenvalue weighted by Crippen LogP contribution is 2.34. The SMILES string of the molecule is CC(C(=O)N1CCCSc2ccccc21)S(C)(=O)=O. The van der Waals surface area contributed by atoms with E-state index in [4.69, 9.17) is 0 Å². The van der Waals surface area contributed by atoms with E-state index < -0.39 is 15.1 Å². The van der Waals surface area contributed by atoms with Crippen LogP contribution in [0.3, 0.4) is 0 Å². The van der Waals surface area contributed by atoms with Crippen molar-refractivity contribution in [2.45, 2.75) is 23.5 Å². The number of sulfone groups is 1. The van der Waals surface area contributed by atoms with Gasteiger partial charge in [0.15, 0.2) is 9.84 Å². The van der Waals surface area contributed by atoms with Crippen LogP contribution in [0.15, 0.2) is 29.2 Å². The molecule has 0 N–H and O–H groups in total. The summed E-state index contributed by atoms with van der Waals surface area (Å²) in [7, 11) is -3.36. The van der Waals surface area contributed by atoms with Gasteiger partial charge in [0, 0.05) is 17.7 Å². The minimum absolute atomic E-state index is 0.336. The van der Waals surface area contributed by atoms with Crippen molar-refractivity contribution in [3.05, 3.63) is 24.3 Å². The van der Waals surface area contributed by atoms with E-state index >= 15 is 0 Å². The molecule has 0 saturated carbocycles. The molecule has 0 radical (unpaired) electrons. The fourth-order valence-electron chi connectivity index (χ4n) is 1.96. The van der Waals surface area contributed by atoms with Gasteiger partial charge in [-0.05, 0) is 31.2 Å². The second-order valence-electron chi connectivity index (χ2n) is 4.63. The number of para-hydroxylation sites is 1. The second-order valence-corrected chi connectivity index (χ2v) is 8.13. The van der Waals surface area contributed by atoms with Gasteiger partial charge in [-0.1, -0.05) is 12.1 Å². The van der Waals surface area contributed by atoms with Crippen LogP contribution in [-0.2, 0) is 14.6 Å². The van der Waals surface area contributed by atoms with Crippen molar-refractivity contribution in [2.75, 3.05) is 23.5 Å². The lowest BCUT2D eigenvalue weighted by molar-refractivity contribution is -0.118. The number of anilines is 1. The third kappa shape index (κ3) is 3.12. The highest BCUT2D eigenvalue weighted by Gasteiger charge is 2.30. The number of hydrogen-bond donors (Lipinski definition) is 0. The maximum Gasteiger partial charge on any atom is 0.245 e. The van der Waals surface area contributed by atoms with Crippen LogP contribution in [0.25, 0.3) is 0 Å². The molecule has 1 heterocycles. The molecule has 1 aliphatic heterocycles. The Bertz CT molecular complexity index is 583. The number of carbonyl (C=O) groups is 1. The Labute approximate surface area is 118 Å². The molecule has 2 rings (SSSR count). The summed E-state index contributed by atoms with van der Waals surface area (Å²) in [4.78, 5) is 15.0. The van der Waals surface area contributed by atoms with Crippen LogP contribution >= 0.6 is 11.8 Å². The van der Waals surface area contributed by atoms with Gasteiger partial charge < -0.3 is 4.90 Å². The van der Waals surface area contributed by atoms with Crippen LogP contribution in [0.5, 0.6) is 0 Å². The lowest BCUT2D eigenvalue weighted by atomic mass is 10.2. The Balaban J connectivity index is 2.37. The molecule has 0 saturated heterocycles. The number of carbonyl (C=O) groups excluding carboxylic acids is 1. The quantitative estimate of drug-likeness (QED) is 0.837. The van der Waals surface area contributed by atoms with Crippen molar-refractivity contribution in [2.24, 2.45) is 0 Å². The standard InChI is InChI=1S/C13H17NO3S2/c1-10(19(2,16)17)13(15)14-8-5-9-18-12-7-4-3-6-11(12)14/h3-4,6-7,10H,5,8-9H2,1-2H3. The molecule has 4 nitrogen and oxygen atoms in total. The topological polar surface area (TPSA) is 54.5 Å². The molecule has 19 heavy (non-hydrogen) atoms. The van der Waals surface area contributed by atoms with E-state index in [1.54, 1.807) is 16.7 Å². The van der Waals surface area contributed by atoms with Crippen molar-refractivity contribution < 1.29 is 13.2 Å². The summed E-state index contributed by atoms with van der Waals surface area (Å²) in [6.45, 7) is 2.03. The van der Waals surface area contributed by atoms with E-state index in [0.29, 0.717) is 6.54 Å². The second kappa shape index (κ2) is 5.54. The molecule has 0 bridgehead atoms. The number of amides is 1. The molecule has 1 amide bonds. The minimum atomic E-state index is -3.36. The summed E-state index contributed by atoms with van der Waals surface area (Å²) in [5.74, 6) is 0.603. The van der Waals surface area contributed by atoms with Gasteiger partial charge in [-0.2, -0.15) is 0 Å². The van der Waals surface area contributed by atoms with Gasteiger partial charge >= 0.3 is 0 Å². The molecule has 1 unspecified atom stereocenters. The first-order chi connectivity index (χ1) is 8.91. The van der Waals surface area contributed by atoms with Crippen molar-refractivity contribution in [3.8, 4) is 0 Å². The van der Waals surface area contributed by atoms with Gasteiger partial charge in [0.05, 0.1) is 5.69 Å². The van der Waals surface area contributed by atoms with Crippen molar-refractivity contribution in [1.29, 1.82) is 0 Å². The van der Waals surface area contributed by atoms with E-state index in [0.717, 1.165) is 29.0 Å². The summed E-state index contributed by atoms with van der Waals surface area (Å²) in [5.41, 5.74) is 0.825. The Kier molecular flexibility index (Phi) is 4.20. The van der Waals surface area contributed by atoms with Crippen LogP contribution in [0.2, 0.25) is 0 Å². The molecule has 0 fully saturated rings. The first-order valence-electron chi connectivity index (χ1n) is 6.13. The number of nitrogens with zero attached hydrogens (tertiary/aromatic N) is 1. The van der Waals surface area contributed by atoms with Crippen LogP contribution < -0.4 is 4.90 Å². The van der Waals surface area contributed by atoms with Crippen molar-refractivity contribution >= 4 is 33.2 Å². The average molecular weight is 299 g/mol. The molecule has 0 aliphatic carbocycles. The van der Waals surface area contributed by atoms with Crippen LogP contribution in [0.1, 0.15) is 13.3 Å². The fraction of sp³-hybridized carbons (Fsp3) is 0.462. The van der Waals surface area contributed by atoms with E-state index in [9.17, 15) is 13.2 Å². The molecule has 1 aliphatic rings. The lowest BCUT2D eigenvalue weighted by Gasteiger charge is -2.25. The zero-order chi connectivity index (χ0) is 14.0. The minimum Gasteiger partial charge on any atom is -0.310 e. The first kappa shape index (κ1) is 14.4. The molecular weight excluding hydrogens is 282 g/mol. The number of thioether (sulfide) groups is 1. The van der Waals surface area contributed by atoms with Gasteiger partial charge in [-0.25, -0.2) is 8.42 Å². The maximum absolute atomic E-state index is 12.4. The number of hydrogen-bond acceptors (Lipinski definition) is 4. The Hall–Kier alpha value is -1.01. The number of rotatable bonds is 2. The van der Waals surface area contributed by atoms with E-state index in [1.165, 1.54) is 6.92 Å². The van der Waals surface area contributed by atoms with E-state index in [1.807, 2.05) is 24.3 Å². The zero-order valence-corrected chi connectivity index (χ0v) is 12.6. The Morgan fingerprint density at radius 2 is 2.05 bits per heavy atom. The van der Waals surface area contributed by atoms with E-state index in [-0.39, 0.29) is 5.91 Å². The van der Waals surface area contributed by atoms with Gasteiger partial charge in [0.2, 0.25) is 5.91 Å². The molecule has 104 valence electrons. The molecule has 6 heteroatoms. The third-order valence-corrected chi connectivity index (χ3v) is 5.83. The maximum atomic E-state index is 12.4. The number of benzene rings is 1.